The van der Waals surface area contributed by atoms with Crippen LogP contribution in [0.25, 0.3) is 0 Å². The van der Waals surface area contributed by atoms with Gasteiger partial charge in [0.05, 0.1) is 0 Å². The molecule has 1 aliphatic heterocycles. The molecule has 0 bridgehead atoms. The SMILES string of the molecule is S=c1nc(C2Cc3ccccc3O2)[nH]c2c1CCCC2. The van der Waals surface area contributed by atoms with Crippen molar-refractivity contribution in [3.8, 4) is 5.75 Å². The van der Waals surface area contributed by atoms with Crippen LogP contribution in [0.3, 0.4) is 0 Å². The Bertz CT molecular complexity index is 698. The van der Waals surface area contributed by atoms with E-state index in [1.54, 1.807) is 0 Å². The highest BCUT2D eigenvalue weighted by Gasteiger charge is 2.27. The maximum Gasteiger partial charge on any atom is 0.160 e. The third kappa shape index (κ3) is 1.95. The Balaban J connectivity index is 1.71. The van der Waals surface area contributed by atoms with Gasteiger partial charge in [-0.05, 0) is 37.3 Å². The second kappa shape index (κ2) is 4.70. The van der Waals surface area contributed by atoms with Crippen LogP contribution in [-0.2, 0) is 19.3 Å². The minimum atomic E-state index is -0.0265. The van der Waals surface area contributed by atoms with Crippen LogP contribution in [0.15, 0.2) is 24.3 Å². The van der Waals surface area contributed by atoms with E-state index in [9.17, 15) is 0 Å². The normalized spacial score (nSPS) is 20.1. The summed E-state index contributed by atoms with van der Waals surface area (Å²) in [5.41, 5.74) is 3.76. The van der Waals surface area contributed by atoms with Crippen LogP contribution in [-0.4, -0.2) is 9.97 Å². The van der Waals surface area contributed by atoms with E-state index in [0.717, 1.165) is 35.5 Å². The molecular weight excluding hydrogens is 268 g/mol. The molecular formula is C16H16N2OS. The van der Waals surface area contributed by atoms with E-state index in [1.165, 1.54) is 29.7 Å². The van der Waals surface area contributed by atoms with Gasteiger partial charge in [-0.15, -0.1) is 0 Å². The predicted molar refractivity (Wildman–Crippen MR) is 79.6 cm³/mol. The van der Waals surface area contributed by atoms with Crippen LogP contribution in [0, 0.1) is 4.64 Å². The maximum atomic E-state index is 6.00. The molecule has 0 spiro atoms. The van der Waals surface area contributed by atoms with Crippen molar-refractivity contribution in [1.82, 2.24) is 9.97 Å². The molecule has 0 amide bonds. The van der Waals surface area contributed by atoms with E-state index in [2.05, 4.69) is 16.0 Å². The van der Waals surface area contributed by atoms with Crippen LogP contribution in [0.5, 0.6) is 5.75 Å². The van der Waals surface area contributed by atoms with Crippen molar-refractivity contribution in [3.63, 3.8) is 0 Å². The molecule has 2 aromatic rings. The first-order valence-corrected chi connectivity index (χ1v) is 7.58. The molecule has 0 radical (unpaired) electrons. The second-order valence-corrected chi connectivity index (χ2v) is 5.90. The van der Waals surface area contributed by atoms with Gasteiger partial charge in [0, 0.05) is 17.7 Å². The summed E-state index contributed by atoms with van der Waals surface area (Å²) in [4.78, 5) is 8.07. The molecule has 20 heavy (non-hydrogen) atoms. The molecule has 0 saturated heterocycles. The van der Waals surface area contributed by atoms with Crippen molar-refractivity contribution >= 4 is 12.2 Å². The van der Waals surface area contributed by atoms with Crippen molar-refractivity contribution in [1.29, 1.82) is 0 Å². The number of nitrogens with one attached hydrogen (secondary N) is 1. The van der Waals surface area contributed by atoms with Gasteiger partial charge in [0.15, 0.2) is 6.10 Å². The van der Waals surface area contributed by atoms with E-state index < -0.39 is 0 Å². The van der Waals surface area contributed by atoms with Gasteiger partial charge >= 0.3 is 0 Å². The van der Waals surface area contributed by atoms with E-state index in [-0.39, 0.29) is 6.10 Å². The fraction of sp³-hybridized carbons (Fsp3) is 0.375. The van der Waals surface area contributed by atoms with Gasteiger partial charge in [0.2, 0.25) is 0 Å². The van der Waals surface area contributed by atoms with E-state index in [4.69, 9.17) is 17.0 Å². The van der Waals surface area contributed by atoms with Crippen LogP contribution >= 0.6 is 12.2 Å². The molecule has 3 nitrogen and oxygen atoms in total. The van der Waals surface area contributed by atoms with E-state index >= 15 is 0 Å². The van der Waals surface area contributed by atoms with Crippen molar-refractivity contribution in [3.05, 3.63) is 51.6 Å². The zero-order valence-corrected chi connectivity index (χ0v) is 12.0. The molecule has 1 atom stereocenters. The monoisotopic (exact) mass is 284 g/mol. The number of nitrogens with zero attached hydrogens (tertiary/aromatic N) is 1. The van der Waals surface area contributed by atoms with Gasteiger partial charge < -0.3 is 9.72 Å². The van der Waals surface area contributed by atoms with Crippen LogP contribution in [0.4, 0.5) is 0 Å². The average molecular weight is 284 g/mol. The molecule has 4 heteroatoms. The Labute approximate surface area is 123 Å². The zero-order valence-electron chi connectivity index (χ0n) is 11.2. The first-order chi connectivity index (χ1) is 9.81. The highest BCUT2D eigenvalue weighted by Crippen LogP contribution is 2.35. The molecule has 2 aliphatic rings. The molecule has 4 rings (SSSR count). The Morgan fingerprint density at radius 3 is 2.95 bits per heavy atom. The van der Waals surface area contributed by atoms with Crippen LogP contribution in [0.1, 0.15) is 41.6 Å². The lowest BCUT2D eigenvalue weighted by Gasteiger charge is -2.18. The first kappa shape index (κ1) is 12.1. The third-order valence-corrected chi connectivity index (χ3v) is 4.52. The minimum Gasteiger partial charge on any atom is -0.482 e. The first-order valence-electron chi connectivity index (χ1n) is 7.18. The van der Waals surface area contributed by atoms with Crippen LogP contribution in [0.2, 0.25) is 0 Å². The van der Waals surface area contributed by atoms with Crippen LogP contribution < -0.4 is 4.74 Å². The lowest BCUT2D eigenvalue weighted by Crippen LogP contribution is -2.15. The number of H-pyrrole nitrogens is 1. The number of aromatic nitrogens is 2. The fourth-order valence-electron chi connectivity index (χ4n) is 3.13. The minimum absolute atomic E-state index is 0.0265. The number of benzene rings is 1. The zero-order chi connectivity index (χ0) is 13.5. The van der Waals surface area contributed by atoms with Crippen molar-refractivity contribution in [2.75, 3.05) is 0 Å². The number of fused-ring (bicyclic) bond motifs is 2. The van der Waals surface area contributed by atoms with Gasteiger partial charge in [0.25, 0.3) is 0 Å². The lowest BCUT2D eigenvalue weighted by molar-refractivity contribution is 0.226. The molecule has 1 aromatic carbocycles. The maximum absolute atomic E-state index is 6.00. The third-order valence-electron chi connectivity index (χ3n) is 4.18. The number of para-hydroxylation sites is 1. The molecule has 1 unspecified atom stereocenters. The summed E-state index contributed by atoms with van der Waals surface area (Å²) in [6, 6.07) is 8.18. The molecule has 1 N–H and O–H groups in total. The summed E-state index contributed by atoms with van der Waals surface area (Å²) < 4.78 is 6.76. The molecule has 0 saturated carbocycles. The molecule has 102 valence electrons. The number of aromatic amines is 1. The number of aryl methyl sites for hydroxylation is 1. The highest BCUT2D eigenvalue weighted by atomic mass is 32.1. The Morgan fingerprint density at radius 1 is 1.20 bits per heavy atom. The number of rotatable bonds is 1. The highest BCUT2D eigenvalue weighted by molar-refractivity contribution is 7.71. The van der Waals surface area contributed by atoms with E-state index in [1.807, 2.05) is 18.2 Å². The van der Waals surface area contributed by atoms with E-state index in [0.29, 0.717) is 0 Å². The lowest BCUT2D eigenvalue weighted by atomic mass is 9.97. The van der Waals surface area contributed by atoms with Crippen molar-refractivity contribution in [2.45, 2.75) is 38.2 Å². The molecule has 0 fully saturated rings. The Kier molecular flexibility index (Phi) is 2.84. The van der Waals surface area contributed by atoms with Crippen molar-refractivity contribution < 1.29 is 4.74 Å². The summed E-state index contributed by atoms with van der Waals surface area (Å²) in [6.07, 6.45) is 5.43. The fourth-order valence-corrected chi connectivity index (χ4v) is 3.45. The summed E-state index contributed by atoms with van der Waals surface area (Å²) in [7, 11) is 0. The standard InChI is InChI=1S/C16H16N2OS/c20-16-11-6-2-3-7-12(11)17-15(18-16)14-9-10-5-1-4-8-13(10)19-14/h1,4-5,8,14H,2-3,6-7,9H2,(H,17,18,20). The molecule has 2 heterocycles. The second-order valence-electron chi connectivity index (χ2n) is 5.51. The van der Waals surface area contributed by atoms with Gasteiger partial charge in [-0.2, -0.15) is 0 Å². The van der Waals surface area contributed by atoms with Gasteiger partial charge in [-0.3, -0.25) is 0 Å². The number of hydrogen-bond acceptors (Lipinski definition) is 3. The number of hydrogen-bond donors (Lipinski definition) is 1. The summed E-state index contributed by atoms with van der Waals surface area (Å²) >= 11 is 5.46. The topological polar surface area (TPSA) is 37.9 Å². The summed E-state index contributed by atoms with van der Waals surface area (Å²) in [5.74, 6) is 1.85. The quantitative estimate of drug-likeness (QED) is 0.812. The van der Waals surface area contributed by atoms with Gasteiger partial charge in [-0.25, -0.2) is 4.98 Å². The Morgan fingerprint density at radius 2 is 2.05 bits per heavy atom. The summed E-state index contributed by atoms with van der Waals surface area (Å²) in [6.45, 7) is 0. The van der Waals surface area contributed by atoms with Crippen molar-refractivity contribution in [2.24, 2.45) is 0 Å². The summed E-state index contributed by atoms with van der Waals surface area (Å²) in [5, 5.41) is 0. The molecule has 1 aliphatic carbocycles. The molecule has 1 aromatic heterocycles. The predicted octanol–water partition coefficient (Wildman–Crippen LogP) is 3.69. The largest absolute Gasteiger partial charge is 0.482 e. The van der Waals surface area contributed by atoms with Gasteiger partial charge in [-0.1, -0.05) is 30.4 Å². The average Bonchev–Trinajstić information content (AvgIpc) is 2.91. The number of ether oxygens (including phenoxy) is 1. The smallest absolute Gasteiger partial charge is 0.160 e. The Hall–Kier alpha value is -1.68. The van der Waals surface area contributed by atoms with Gasteiger partial charge in [0.1, 0.15) is 16.2 Å².